The molecule has 0 saturated heterocycles. The number of phenols is 1. The zero-order chi connectivity index (χ0) is 17.3. The summed E-state index contributed by atoms with van der Waals surface area (Å²) in [7, 11) is 1.23. The Morgan fingerprint density at radius 1 is 1.14 bits per heavy atom. The Bertz CT molecular complexity index is 476. The topological polar surface area (TPSA) is 84.9 Å². The Morgan fingerprint density at radius 3 is 2.05 bits per heavy atom. The predicted molar refractivity (Wildman–Crippen MR) is 83.6 cm³/mol. The van der Waals surface area contributed by atoms with E-state index < -0.39 is 23.7 Å². The van der Waals surface area contributed by atoms with Crippen LogP contribution in [0.2, 0.25) is 0 Å². The van der Waals surface area contributed by atoms with Crippen molar-refractivity contribution in [1.29, 1.82) is 0 Å². The predicted octanol–water partition coefficient (Wildman–Crippen LogP) is 3.16. The van der Waals surface area contributed by atoms with Gasteiger partial charge in [0.15, 0.2) is 6.04 Å². The van der Waals surface area contributed by atoms with Crippen LogP contribution in [0.15, 0.2) is 24.3 Å². The molecule has 0 aliphatic rings. The highest BCUT2D eigenvalue weighted by molar-refractivity contribution is 5.82. The number of rotatable bonds is 3. The van der Waals surface area contributed by atoms with E-state index in [9.17, 15) is 14.7 Å². The molecule has 1 unspecified atom stereocenters. The minimum Gasteiger partial charge on any atom is -0.508 e. The van der Waals surface area contributed by atoms with Gasteiger partial charge in [-0.15, -0.1) is 0 Å². The number of hydrogen-bond donors (Lipinski definition) is 2. The first kappa shape index (κ1) is 19.8. The Balaban J connectivity index is 0.00000211. The molecule has 1 amide bonds. The Morgan fingerprint density at radius 2 is 1.64 bits per heavy atom. The van der Waals surface area contributed by atoms with Crippen molar-refractivity contribution in [3.05, 3.63) is 29.8 Å². The molecule has 0 aliphatic carbocycles. The number of aromatic hydroxyl groups is 1. The molecule has 0 aliphatic heterocycles. The van der Waals surface area contributed by atoms with E-state index in [1.54, 1.807) is 20.8 Å². The Hall–Kier alpha value is -2.24. The average Bonchev–Trinajstić information content (AvgIpc) is 2.45. The number of methoxy groups -OCH3 is 1. The van der Waals surface area contributed by atoms with Gasteiger partial charge in [0.05, 0.1) is 7.11 Å². The van der Waals surface area contributed by atoms with Crippen LogP contribution < -0.4 is 5.32 Å². The van der Waals surface area contributed by atoms with Crippen molar-refractivity contribution in [2.75, 3.05) is 7.11 Å². The van der Waals surface area contributed by atoms with Gasteiger partial charge in [-0.05, 0) is 38.5 Å². The van der Waals surface area contributed by atoms with Gasteiger partial charge >= 0.3 is 12.1 Å². The first-order valence-corrected chi connectivity index (χ1v) is 7.09. The summed E-state index contributed by atoms with van der Waals surface area (Å²) in [4.78, 5) is 23.5. The molecule has 0 saturated carbocycles. The van der Waals surface area contributed by atoms with E-state index >= 15 is 0 Å². The molecule has 0 aromatic heterocycles. The molecule has 0 heterocycles. The van der Waals surface area contributed by atoms with Crippen molar-refractivity contribution in [3.63, 3.8) is 0 Å². The smallest absolute Gasteiger partial charge is 0.408 e. The quantitative estimate of drug-likeness (QED) is 0.838. The maximum atomic E-state index is 11.7. The molecule has 6 heteroatoms. The number of hydrogen-bond acceptors (Lipinski definition) is 5. The van der Waals surface area contributed by atoms with Crippen LogP contribution in [-0.2, 0) is 14.3 Å². The number of phenolic OH excluding ortho intramolecular Hbond substituents is 1. The lowest BCUT2D eigenvalue weighted by Crippen LogP contribution is -2.38. The number of benzene rings is 1. The van der Waals surface area contributed by atoms with Crippen LogP contribution in [0.4, 0.5) is 4.79 Å². The lowest BCUT2D eigenvalue weighted by Gasteiger charge is -2.22. The highest BCUT2D eigenvalue weighted by Gasteiger charge is 2.26. The Kier molecular flexibility index (Phi) is 8.01. The van der Waals surface area contributed by atoms with Crippen molar-refractivity contribution < 1.29 is 24.2 Å². The highest BCUT2D eigenvalue weighted by Crippen LogP contribution is 2.19. The van der Waals surface area contributed by atoms with Crippen LogP contribution in [0.3, 0.4) is 0 Å². The van der Waals surface area contributed by atoms with Crippen LogP contribution >= 0.6 is 0 Å². The van der Waals surface area contributed by atoms with Crippen molar-refractivity contribution in [2.24, 2.45) is 0 Å². The molecule has 0 spiro atoms. The molecule has 22 heavy (non-hydrogen) atoms. The molecule has 1 atom stereocenters. The normalized spacial score (nSPS) is 11.5. The molecule has 1 rings (SSSR count). The van der Waals surface area contributed by atoms with E-state index in [0.29, 0.717) is 5.56 Å². The third kappa shape index (κ3) is 6.97. The number of amides is 1. The van der Waals surface area contributed by atoms with E-state index in [1.165, 1.54) is 31.4 Å². The number of esters is 1. The molecule has 6 nitrogen and oxygen atoms in total. The van der Waals surface area contributed by atoms with Crippen molar-refractivity contribution in [2.45, 2.75) is 46.3 Å². The fraction of sp³-hybridized carbons (Fsp3) is 0.500. The van der Waals surface area contributed by atoms with Crippen molar-refractivity contribution in [1.82, 2.24) is 5.32 Å². The fourth-order valence-corrected chi connectivity index (χ4v) is 1.49. The first-order chi connectivity index (χ1) is 10.2. The van der Waals surface area contributed by atoms with Gasteiger partial charge < -0.3 is 19.9 Å². The van der Waals surface area contributed by atoms with Crippen LogP contribution in [0.5, 0.6) is 5.75 Å². The number of carbonyl (C=O) groups is 2. The summed E-state index contributed by atoms with van der Waals surface area (Å²) in [5.74, 6) is -0.559. The second kappa shape index (κ2) is 8.92. The third-order valence-corrected chi connectivity index (χ3v) is 2.32. The molecular formula is C16H25NO5. The van der Waals surface area contributed by atoms with Gasteiger partial charge in [0.2, 0.25) is 0 Å². The molecule has 1 aromatic rings. The summed E-state index contributed by atoms with van der Waals surface area (Å²) in [5.41, 5.74) is -0.180. The van der Waals surface area contributed by atoms with E-state index in [2.05, 4.69) is 10.1 Å². The largest absolute Gasteiger partial charge is 0.508 e. The second-order valence-electron chi connectivity index (χ2n) is 5.19. The van der Waals surface area contributed by atoms with Crippen LogP contribution in [0.25, 0.3) is 0 Å². The number of nitrogens with one attached hydrogen (secondary N) is 1. The molecule has 124 valence electrons. The lowest BCUT2D eigenvalue weighted by atomic mass is 10.1. The van der Waals surface area contributed by atoms with Gasteiger partial charge in [0.1, 0.15) is 11.4 Å². The van der Waals surface area contributed by atoms with Crippen molar-refractivity contribution >= 4 is 12.1 Å². The summed E-state index contributed by atoms with van der Waals surface area (Å²) in [6, 6.07) is 4.89. The zero-order valence-electron chi connectivity index (χ0n) is 14.0. The van der Waals surface area contributed by atoms with Gasteiger partial charge in [-0.25, -0.2) is 9.59 Å². The number of ether oxygens (including phenoxy) is 2. The highest BCUT2D eigenvalue weighted by atomic mass is 16.6. The molecule has 2 N–H and O–H groups in total. The Labute approximate surface area is 131 Å². The standard InChI is InChI=1S/C14H19NO5.C2H6/c1-14(2,3)20-13(18)15-11(12(17)19-4)9-5-7-10(16)8-6-9;1-2/h5-8,11,16H,1-4H3,(H,15,18);1-2H3. The lowest BCUT2D eigenvalue weighted by molar-refractivity contribution is -0.143. The van der Waals surface area contributed by atoms with Crippen LogP contribution in [0, 0.1) is 0 Å². The minimum absolute atomic E-state index is 0.0645. The average molecular weight is 311 g/mol. The summed E-state index contributed by atoms with van der Waals surface area (Å²) in [5, 5.41) is 11.7. The van der Waals surface area contributed by atoms with Crippen LogP contribution in [-0.4, -0.2) is 29.9 Å². The van der Waals surface area contributed by atoms with Gasteiger partial charge in [0.25, 0.3) is 0 Å². The van der Waals surface area contributed by atoms with E-state index in [4.69, 9.17) is 4.74 Å². The minimum atomic E-state index is -0.990. The molecular weight excluding hydrogens is 286 g/mol. The summed E-state index contributed by atoms with van der Waals surface area (Å²) < 4.78 is 9.76. The monoisotopic (exact) mass is 311 g/mol. The summed E-state index contributed by atoms with van der Waals surface area (Å²) in [6.45, 7) is 9.17. The number of alkyl carbamates (subject to hydrolysis) is 1. The molecule has 0 radical (unpaired) electrons. The molecule has 0 bridgehead atoms. The van der Waals surface area contributed by atoms with Gasteiger partial charge in [-0.2, -0.15) is 0 Å². The van der Waals surface area contributed by atoms with E-state index in [1.807, 2.05) is 13.8 Å². The van der Waals surface area contributed by atoms with Gasteiger partial charge in [-0.1, -0.05) is 26.0 Å². The zero-order valence-corrected chi connectivity index (χ0v) is 14.0. The van der Waals surface area contributed by atoms with E-state index in [0.717, 1.165) is 0 Å². The molecule has 1 aromatic carbocycles. The third-order valence-electron chi connectivity index (χ3n) is 2.32. The van der Waals surface area contributed by atoms with E-state index in [-0.39, 0.29) is 5.75 Å². The molecule has 0 fully saturated rings. The van der Waals surface area contributed by atoms with Gasteiger partial charge in [-0.3, -0.25) is 0 Å². The summed E-state index contributed by atoms with van der Waals surface area (Å²) in [6.07, 6.45) is -0.721. The number of carbonyl (C=O) groups excluding carboxylic acids is 2. The SMILES string of the molecule is CC.COC(=O)C(NC(=O)OC(C)(C)C)c1ccc(O)cc1. The second-order valence-corrected chi connectivity index (χ2v) is 5.19. The summed E-state index contributed by atoms with van der Waals surface area (Å²) >= 11 is 0. The van der Waals surface area contributed by atoms with Gasteiger partial charge in [0, 0.05) is 0 Å². The maximum absolute atomic E-state index is 11.7. The fourth-order valence-electron chi connectivity index (χ4n) is 1.49. The van der Waals surface area contributed by atoms with Crippen molar-refractivity contribution in [3.8, 4) is 5.75 Å². The maximum Gasteiger partial charge on any atom is 0.408 e. The first-order valence-electron chi connectivity index (χ1n) is 7.09. The van der Waals surface area contributed by atoms with Crippen LogP contribution in [0.1, 0.15) is 46.2 Å².